The largest absolute Gasteiger partial charge is 0.372 e. The van der Waals surface area contributed by atoms with Gasteiger partial charge in [0.15, 0.2) is 0 Å². The molecule has 3 saturated heterocycles. The van der Waals surface area contributed by atoms with E-state index < -0.39 is 0 Å². The SMILES string of the molecule is O=C1NCC2C1CCCN2CC1CO1. The van der Waals surface area contributed by atoms with Crippen molar-refractivity contribution in [2.24, 2.45) is 5.92 Å². The Morgan fingerprint density at radius 3 is 3.21 bits per heavy atom. The van der Waals surface area contributed by atoms with E-state index in [9.17, 15) is 4.79 Å². The normalized spacial score (nSPS) is 42.0. The van der Waals surface area contributed by atoms with Crippen molar-refractivity contribution in [1.29, 1.82) is 0 Å². The Balaban J connectivity index is 1.68. The van der Waals surface area contributed by atoms with Gasteiger partial charge >= 0.3 is 0 Å². The number of ether oxygens (including phenoxy) is 1. The predicted octanol–water partition coefficient (Wildman–Crippen LogP) is -0.404. The van der Waals surface area contributed by atoms with Gasteiger partial charge in [-0.2, -0.15) is 0 Å². The fourth-order valence-corrected chi connectivity index (χ4v) is 2.70. The topological polar surface area (TPSA) is 44.9 Å². The third-order valence-corrected chi connectivity index (χ3v) is 3.56. The van der Waals surface area contributed by atoms with Gasteiger partial charge in [-0.05, 0) is 19.4 Å². The molecule has 3 aliphatic heterocycles. The molecule has 78 valence electrons. The first-order valence-corrected chi connectivity index (χ1v) is 5.48. The molecule has 0 saturated carbocycles. The molecule has 3 fully saturated rings. The summed E-state index contributed by atoms with van der Waals surface area (Å²) in [6.45, 7) is 3.91. The number of epoxide rings is 1. The third-order valence-electron chi connectivity index (χ3n) is 3.56. The van der Waals surface area contributed by atoms with Crippen LogP contribution < -0.4 is 5.32 Å². The summed E-state index contributed by atoms with van der Waals surface area (Å²) in [6.07, 6.45) is 2.67. The molecule has 0 spiro atoms. The van der Waals surface area contributed by atoms with E-state index in [0.29, 0.717) is 12.1 Å². The van der Waals surface area contributed by atoms with Gasteiger partial charge in [-0.3, -0.25) is 9.69 Å². The molecule has 0 bridgehead atoms. The first kappa shape index (κ1) is 8.68. The van der Waals surface area contributed by atoms with E-state index in [4.69, 9.17) is 4.74 Å². The average molecular weight is 196 g/mol. The maximum atomic E-state index is 11.5. The van der Waals surface area contributed by atoms with Gasteiger partial charge in [0, 0.05) is 19.1 Å². The van der Waals surface area contributed by atoms with Crippen molar-refractivity contribution in [2.75, 3.05) is 26.2 Å². The van der Waals surface area contributed by atoms with Crippen LogP contribution in [-0.2, 0) is 9.53 Å². The van der Waals surface area contributed by atoms with E-state index in [2.05, 4.69) is 10.2 Å². The molecular weight excluding hydrogens is 180 g/mol. The Morgan fingerprint density at radius 1 is 1.57 bits per heavy atom. The van der Waals surface area contributed by atoms with E-state index in [-0.39, 0.29) is 11.8 Å². The molecular formula is C10H16N2O2. The molecule has 0 aromatic rings. The van der Waals surface area contributed by atoms with Crippen LogP contribution in [0.5, 0.6) is 0 Å². The lowest BCUT2D eigenvalue weighted by molar-refractivity contribution is -0.124. The number of fused-ring (bicyclic) bond motifs is 1. The van der Waals surface area contributed by atoms with Crippen molar-refractivity contribution in [3.63, 3.8) is 0 Å². The highest BCUT2D eigenvalue weighted by Crippen LogP contribution is 2.28. The molecule has 4 heteroatoms. The molecule has 1 amide bonds. The molecule has 3 aliphatic rings. The molecule has 14 heavy (non-hydrogen) atoms. The monoisotopic (exact) mass is 196 g/mol. The Kier molecular flexibility index (Phi) is 1.99. The summed E-state index contributed by atoms with van der Waals surface area (Å²) >= 11 is 0. The smallest absolute Gasteiger partial charge is 0.224 e. The van der Waals surface area contributed by atoms with Gasteiger partial charge in [-0.1, -0.05) is 0 Å². The number of piperidine rings is 1. The molecule has 0 aliphatic carbocycles. The summed E-state index contributed by atoms with van der Waals surface area (Å²) in [5.74, 6) is 0.513. The Hall–Kier alpha value is -0.610. The summed E-state index contributed by atoms with van der Waals surface area (Å²) < 4.78 is 5.24. The lowest BCUT2D eigenvalue weighted by Crippen LogP contribution is -2.47. The maximum Gasteiger partial charge on any atom is 0.224 e. The summed E-state index contributed by atoms with van der Waals surface area (Å²) in [7, 11) is 0. The molecule has 1 N–H and O–H groups in total. The zero-order chi connectivity index (χ0) is 9.54. The first-order valence-electron chi connectivity index (χ1n) is 5.48. The van der Waals surface area contributed by atoms with Crippen LogP contribution in [0.3, 0.4) is 0 Å². The minimum Gasteiger partial charge on any atom is -0.372 e. The van der Waals surface area contributed by atoms with Gasteiger partial charge in [-0.15, -0.1) is 0 Å². The zero-order valence-corrected chi connectivity index (χ0v) is 8.24. The van der Waals surface area contributed by atoms with Crippen LogP contribution in [-0.4, -0.2) is 49.2 Å². The summed E-state index contributed by atoms with van der Waals surface area (Å²) in [4.78, 5) is 13.9. The number of nitrogens with one attached hydrogen (secondary N) is 1. The number of hydrogen-bond donors (Lipinski definition) is 1. The second kappa shape index (κ2) is 3.21. The van der Waals surface area contributed by atoms with Crippen LogP contribution in [0.15, 0.2) is 0 Å². The molecule has 3 rings (SSSR count). The number of carbonyl (C=O) groups is 1. The van der Waals surface area contributed by atoms with Gasteiger partial charge in [0.2, 0.25) is 5.91 Å². The number of amides is 1. The first-order chi connectivity index (χ1) is 6.84. The van der Waals surface area contributed by atoms with Crippen LogP contribution >= 0.6 is 0 Å². The van der Waals surface area contributed by atoms with Gasteiger partial charge in [0.25, 0.3) is 0 Å². The predicted molar refractivity (Wildman–Crippen MR) is 50.8 cm³/mol. The van der Waals surface area contributed by atoms with Crippen LogP contribution in [0.4, 0.5) is 0 Å². The van der Waals surface area contributed by atoms with E-state index in [1.807, 2.05) is 0 Å². The number of likely N-dealkylation sites (tertiary alicyclic amines) is 1. The number of nitrogens with zero attached hydrogens (tertiary/aromatic N) is 1. The minimum absolute atomic E-state index is 0.252. The molecule has 0 aromatic heterocycles. The number of hydrogen-bond acceptors (Lipinski definition) is 3. The van der Waals surface area contributed by atoms with Crippen molar-refractivity contribution in [3.05, 3.63) is 0 Å². The summed E-state index contributed by atoms with van der Waals surface area (Å²) in [6, 6.07) is 0.445. The molecule has 4 nitrogen and oxygen atoms in total. The number of rotatable bonds is 2. The maximum absolute atomic E-state index is 11.5. The number of carbonyl (C=O) groups excluding carboxylic acids is 1. The van der Waals surface area contributed by atoms with Gasteiger partial charge in [0.1, 0.15) is 0 Å². The Morgan fingerprint density at radius 2 is 2.43 bits per heavy atom. The molecule has 3 unspecified atom stereocenters. The Bertz CT molecular complexity index is 253. The van der Waals surface area contributed by atoms with Crippen molar-refractivity contribution < 1.29 is 9.53 Å². The van der Waals surface area contributed by atoms with Crippen LogP contribution in [0.2, 0.25) is 0 Å². The lowest BCUT2D eigenvalue weighted by Gasteiger charge is -2.35. The van der Waals surface area contributed by atoms with E-state index in [1.54, 1.807) is 0 Å². The quantitative estimate of drug-likeness (QED) is 0.611. The Labute approximate surface area is 83.6 Å². The van der Waals surface area contributed by atoms with Gasteiger partial charge < -0.3 is 10.1 Å². The zero-order valence-electron chi connectivity index (χ0n) is 8.24. The average Bonchev–Trinajstić information content (AvgIpc) is 2.92. The van der Waals surface area contributed by atoms with Crippen molar-refractivity contribution in [2.45, 2.75) is 25.0 Å². The highest BCUT2D eigenvalue weighted by molar-refractivity contribution is 5.82. The van der Waals surface area contributed by atoms with E-state index in [0.717, 1.165) is 39.1 Å². The fraction of sp³-hybridized carbons (Fsp3) is 0.900. The van der Waals surface area contributed by atoms with Crippen LogP contribution in [0.1, 0.15) is 12.8 Å². The second-order valence-corrected chi connectivity index (χ2v) is 4.51. The molecule has 3 heterocycles. The highest BCUT2D eigenvalue weighted by Gasteiger charge is 2.42. The molecule has 0 radical (unpaired) electrons. The highest BCUT2D eigenvalue weighted by atomic mass is 16.6. The van der Waals surface area contributed by atoms with Crippen molar-refractivity contribution >= 4 is 5.91 Å². The van der Waals surface area contributed by atoms with E-state index >= 15 is 0 Å². The summed E-state index contributed by atoms with van der Waals surface area (Å²) in [5, 5.41) is 2.96. The molecule has 3 atom stereocenters. The van der Waals surface area contributed by atoms with Gasteiger partial charge in [-0.25, -0.2) is 0 Å². The van der Waals surface area contributed by atoms with Crippen LogP contribution in [0.25, 0.3) is 0 Å². The lowest BCUT2D eigenvalue weighted by atomic mass is 9.91. The fourth-order valence-electron chi connectivity index (χ4n) is 2.70. The minimum atomic E-state index is 0.252. The van der Waals surface area contributed by atoms with Gasteiger partial charge in [0.05, 0.1) is 18.6 Å². The third kappa shape index (κ3) is 1.42. The molecule has 0 aromatic carbocycles. The van der Waals surface area contributed by atoms with Crippen molar-refractivity contribution in [3.8, 4) is 0 Å². The second-order valence-electron chi connectivity index (χ2n) is 4.51. The van der Waals surface area contributed by atoms with Crippen LogP contribution in [0, 0.1) is 5.92 Å². The van der Waals surface area contributed by atoms with E-state index in [1.165, 1.54) is 0 Å². The standard InChI is InChI=1S/C10H16N2O2/c13-10-8-2-1-3-12(5-7-6-14-7)9(8)4-11-10/h7-9H,1-6H2,(H,11,13). The summed E-state index contributed by atoms with van der Waals surface area (Å²) in [5.41, 5.74) is 0. The van der Waals surface area contributed by atoms with Crippen molar-refractivity contribution in [1.82, 2.24) is 10.2 Å².